The number of alkyl halides is 1. The molecular formula is C14H15ClN2O. The monoisotopic (exact) mass is 262 g/mol. The Morgan fingerprint density at radius 1 is 1.33 bits per heavy atom. The highest BCUT2D eigenvalue weighted by Crippen LogP contribution is 2.27. The molecule has 0 radical (unpaired) electrons. The van der Waals surface area contributed by atoms with Gasteiger partial charge in [-0.1, -0.05) is 24.3 Å². The normalized spacial score (nSPS) is 20.3. The number of hydrogen-bond donors (Lipinski definition) is 0. The molecule has 0 spiro atoms. The van der Waals surface area contributed by atoms with Crippen molar-refractivity contribution in [1.29, 1.82) is 0 Å². The van der Waals surface area contributed by atoms with Crippen LogP contribution in [0.15, 0.2) is 36.5 Å². The standard InChI is InChI=1S/C14H15ClN2O/c15-9-12-10-18-8-7-17(12)14-13-4-2-1-3-11(13)5-6-16-14/h1-6,12H,7-10H2. The minimum atomic E-state index is 0.207. The molecule has 1 saturated heterocycles. The molecule has 4 heteroatoms. The van der Waals surface area contributed by atoms with Crippen molar-refractivity contribution in [3.63, 3.8) is 0 Å². The molecule has 0 aliphatic carbocycles. The van der Waals surface area contributed by atoms with Crippen LogP contribution in [-0.2, 0) is 4.74 Å². The summed E-state index contributed by atoms with van der Waals surface area (Å²) in [5.41, 5.74) is 0. The number of pyridine rings is 1. The van der Waals surface area contributed by atoms with Crippen molar-refractivity contribution < 1.29 is 4.74 Å². The summed E-state index contributed by atoms with van der Waals surface area (Å²) in [7, 11) is 0. The van der Waals surface area contributed by atoms with E-state index in [0.29, 0.717) is 12.5 Å². The van der Waals surface area contributed by atoms with Gasteiger partial charge in [0.15, 0.2) is 0 Å². The molecule has 0 amide bonds. The first-order valence-electron chi connectivity index (χ1n) is 6.14. The first-order valence-corrected chi connectivity index (χ1v) is 6.67. The molecule has 1 aromatic carbocycles. The van der Waals surface area contributed by atoms with Crippen LogP contribution in [0, 0.1) is 0 Å². The molecule has 0 N–H and O–H groups in total. The predicted octanol–water partition coefficient (Wildman–Crippen LogP) is 2.68. The van der Waals surface area contributed by atoms with Crippen molar-refractivity contribution in [2.45, 2.75) is 6.04 Å². The molecule has 94 valence electrons. The van der Waals surface area contributed by atoms with Gasteiger partial charge in [-0.2, -0.15) is 0 Å². The van der Waals surface area contributed by atoms with Crippen LogP contribution in [0.25, 0.3) is 10.8 Å². The van der Waals surface area contributed by atoms with Gasteiger partial charge in [-0.05, 0) is 11.5 Å². The minimum absolute atomic E-state index is 0.207. The van der Waals surface area contributed by atoms with Gasteiger partial charge < -0.3 is 9.64 Å². The van der Waals surface area contributed by atoms with E-state index < -0.39 is 0 Å². The summed E-state index contributed by atoms with van der Waals surface area (Å²) in [5, 5.41) is 2.39. The Balaban J connectivity index is 2.07. The highest BCUT2D eigenvalue weighted by atomic mass is 35.5. The van der Waals surface area contributed by atoms with Crippen LogP contribution in [0.5, 0.6) is 0 Å². The summed E-state index contributed by atoms with van der Waals surface area (Å²) < 4.78 is 5.48. The molecule has 2 heterocycles. The van der Waals surface area contributed by atoms with Crippen LogP contribution in [0.1, 0.15) is 0 Å². The number of ether oxygens (including phenoxy) is 1. The largest absolute Gasteiger partial charge is 0.377 e. The third-order valence-electron chi connectivity index (χ3n) is 3.33. The lowest BCUT2D eigenvalue weighted by molar-refractivity contribution is 0.0995. The number of morpholine rings is 1. The van der Waals surface area contributed by atoms with Gasteiger partial charge >= 0.3 is 0 Å². The van der Waals surface area contributed by atoms with E-state index >= 15 is 0 Å². The summed E-state index contributed by atoms with van der Waals surface area (Å²) in [4.78, 5) is 6.80. The lowest BCUT2D eigenvalue weighted by Crippen LogP contribution is -2.47. The molecule has 3 rings (SSSR count). The van der Waals surface area contributed by atoms with Gasteiger partial charge in [0.2, 0.25) is 0 Å². The first-order chi connectivity index (χ1) is 8.90. The number of nitrogens with zero attached hydrogens (tertiary/aromatic N) is 2. The Hall–Kier alpha value is -1.32. The number of anilines is 1. The zero-order valence-electron chi connectivity index (χ0n) is 10.1. The molecule has 3 nitrogen and oxygen atoms in total. The Morgan fingerprint density at radius 3 is 3.11 bits per heavy atom. The predicted molar refractivity (Wildman–Crippen MR) is 74.4 cm³/mol. The lowest BCUT2D eigenvalue weighted by Gasteiger charge is -2.35. The van der Waals surface area contributed by atoms with Gasteiger partial charge in [-0.25, -0.2) is 4.98 Å². The Bertz CT molecular complexity index is 541. The molecule has 1 unspecified atom stereocenters. The van der Waals surface area contributed by atoms with Crippen LogP contribution in [0.4, 0.5) is 5.82 Å². The maximum atomic E-state index is 6.03. The van der Waals surface area contributed by atoms with E-state index in [9.17, 15) is 0 Å². The van der Waals surface area contributed by atoms with Crippen LogP contribution in [-0.4, -0.2) is 36.7 Å². The van der Waals surface area contributed by atoms with Crippen LogP contribution in [0.3, 0.4) is 0 Å². The summed E-state index contributed by atoms with van der Waals surface area (Å²) in [6.07, 6.45) is 1.86. The molecule has 1 aliphatic rings. The molecule has 0 bridgehead atoms. The maximum Gasteiger partial charge on any atom is 0.136 e. The molecule has 18 heavy (non-hydrogen) atoms. The highest BCUT2D eigenvalue weighted by molar-refractivity contribution is 6.18. The molecular weight excluding hydrogens is 248 g/mol. The molecule has 2 aromatic rings. The van der Waals surface area contributed by atoms with E-state index in [4.69, 9.17) is 16.3 Å². The van der Waals surface area contributed by atoms with E-state index in [-0.39, 0.29) is 6.04 Å². The second-order valence-corrected chi connectivity index (χ2v) is 4.74. The number of halogens is 1. The maximum absolute atomic E-state index is 6.03. The van der Waals surface area contributed by atoms with Crippen LogP contribution < -0.4 is 4.90 Å². The third kappa shape index (κ3) is 2.04. The van der Waals surface area contributed by atoms with Crippen molar-refractivity contribution in [3.8, 4) is 0 Å². The van der Waals surface area contributed by atoms with Gasteiger partial charge in [-0.15, -0.1) is 11.6 Å². The van der Waals surface area contributed by atoms with E-state index in [1.165, 1.54) is 10.8 Å². The van der Waals surface area contributed by atoms with E-state index in [2.05, 4.69) is 22.0 Å². The first kappa shape index (κ1) is 11.8. The number of aromatic nitrogens is 1. The number of hydrogen-bond acceptors (Lipinski definition) is 3. The van der Waals surface area contributed by atoms with Gasteiger partial charge in [0.05, 0.1) is 19.3 Å². The van der Waals surface area contributed by atoms with Crippen molar-refractivity contribution in [2.75, 3.05) is 30.5 Å². The van der Waals surface area contributed by atoms with Crippen molar-refractivity contribution in [1.82, 2.24) is 4.98 Å². The zero-order chi connectivity index (χ0) is 12.4. The summed E-state index contributed by atoms with van der Waals surface area (Å²) in [6, 6.07) is 10.6. The van der Waals surface area contributed by atoms with Crippen LogP contribution >= 0.6 is 11.6 Å². The fourth-order valence-electron chi connectivity index (χ4n) is 2.39. The van der Waals surface area contributed by atoms with E-state index in [1.807, 2.05) is 24.4 Å². The third-order valence-corrected chi connectivity index (χ3v) is 3.69. The fourth-order valence-corrected chi connectivity index (χ4v) is 2.65. The molecule has 0 saturated carbocycles. The van der Waals surface area contributed by atoms with E-state index in [1.54, 1.807) is 0 Å². The van der Waals surface area contributed by atoms with Gasteiger partial charge in [-0.3, -0.25) is 0 Å². The molecule has 1 aliphatic heterocycles. The second-order valence-electron chi connectivity index (χ2n) is 4.43. The van der Waals surface area contributed by atoms with Crippen molar-refractivity contribution in [2.24, 2.45) is 0 Å². The number of fused-ring (bicyclic) bond motifs is 1. The lowest BCUT2D eigenvalue weighted by atomic mass is 10.1. The summed E-state index contributed by atoms with van der Waals surface area (Å²) in [5.74, 6) is 1.58. The quantitative estimate of drug-likeness (QED) is 0.778. The highest BCUT2D eigenvalue weighted by Gasteiger charge is 2.24. The Morgan fingerprint density at radius 2 is 2.22 bits per heavy atom. The average molecular weight is 263 g/mol. The minimum Gasteiger partial charge on any atom is -0.377 e. The van der Waals surface area contributed by atoms with Crippen LogP contribution in [0.2, 0.25) is 0 Å². The zero-order valence-corrected chi connectivity index (χ0v) is 10.8. The Labute approximate surface area is 111 Å². The Kier molecular flexibility index (Phi) is 3.35. The van der Waals surface area contributed by atoms with Crippen molar-refractivity contribution in [3.05, 3.63) is 36.5 Å². The molecule has 1 fully saturated rings. The fraction of sp³-hybridized carbons (Fsp3) is 0.357. The average Bonchev–Trinajstić information content (AvgIpc) is 2.46. The van der Waals surface area contributed by atoms with E-state index in [0.717, 1.165) is 19.0 Å². The van der Waals surface area contributed by atoms with Gasteiger partial charge in [0.1, 0.15) is 5.82 Å². The number of rotatable bonds is 2. The van der Waals surface area contributed by atoms with Crippen molar-refractivity contribution >= 4 is 28.2 Å². The number of benzene rings is 1. The van der Waals surface area contributed by atoms with Gasteiger partial charge in [0.25, 0.3) is 0 Å². The summed E-state index contributed by atoms with van der Waals surface area (Å²) in [6.45, 7) is 2.26. The molecule has 1 aromatic heterocycles. The topological polar surface area (TPSA) is 25.4 Å². The SMILES string of the molecule is ClCC1COCCN1c1nccc2ccccc12. The summed E-state index contributed by atoms with van der Waals surface area (Å²) >= 11 is 6.03. The van der Waals surface area contributed by atoms with Gasteiger partial charge in [0, 0.05) is 24.0 Å². The smallest absolute Gasteiger partial charge is 0.136 e. The molecule has 1 atom stereocenters. The second kappa shape index (κ2) is 5.12.